The average Bonchev–Trinajstić information content (AvgIpc) is 3.13. The fourth-order valence-electron chi connectivity index (χ4n) is 2.69. The van der Waals surface area contributed by atoms with Crippen LogP contribution in [0, 0.1) is 6.92 Å². The molecule has 1 atom stereocenters. The first-order valence-corrected chi connectivity index (χ1v) is 8.00. The molecular weight excluding hydrogens is 300 g/mol. The molecule has 3 aromatic rings. The van der Waals surface area contributed by atoms with Crippen molar-refractivity contribution in [2.24, 2.45) is 0 Å². The van der Waals surface area contributed by atoms with Gasteiger partial charge in [0, 0.05) is 18.4 Å². The van der Waals surface area contributed by atoms with Gasteiger partial charge in [0.1, 0.15) is 12.0 Å². The lowest BCUT2D eigenvalue weighted by Gasteiger charge is -2.18. The number of nitrogens with one attached hydrogen (secondary N) is 1. The molecule has 24 heavy (non-hydrogen) atoms. The molecule has 1 heterocycles. The van der Waals surface area contributed by atoms with E-state index >= 15 is 0 Å². The molecule has 0 radical (unpaired) electrons. The zero-order valence-corrected chi connectivity index (χ0v) is 13.6. The van der Waals surface area contributed by atoms with Crippen molar-refractivity contribution >= 4 is 5.91 Å². The Morgan fingerprint density at radius 2 is 1.75 bits per heavy atom. The maximum absolute atomic E-state index is 12.4. The smallest absolute Gasteiger partial charge is 0.221 e. The molecule has 0 saturated carbocycles. The van der Waals surface area contributed by atoms with Gasteiger partial charge in [0.05, 0.1) is 6.54 Å². The Morgan fingerprint density at radius 1 is 1.04 bits per heavy atom. The Labute approximate surface area is 141 Å². The van der Waals surface area contributed by atoms with Gasteiger partial charge in [-0.15, -0.1) is 0 Å². The Kier molecular flexibility index (Phi) is 5.06. The van der Waals surface area contributed by atoms with Gasteiger partial charge in [-0.05, 0) is 18.1 Å². The van der Waals surface area contributed by atoms with Crippen molar-refractivity contribution in [2.75, 3.05) is 0 Å². The van der Waals surface area contributed by atoms with Crippen LogP contribution in [0.1, 0.15) is 34.7 Å². The molecule has 0 saturated heterocycles. The fraction of sp³-hybridized carbons (Fsp3) is 0.200. The molecule has 1 N–H and O–H groups in total. The second kappa shape index (κ2) is 7.59. The van der Waals surface area contributed by atoms with Crippen molar-refractivity contribution < 1.29 is 9.32 Å². The molecule has 0 aliphatic rings. The van der Waals surface area contributed by atoms with Crippen molar-refractivity contribution in [1.29, 1.82) is 0 Å². The van der Waals surface area contributed by atoms with E-state index in [-0.39, 0.29) is 11.8 Å². The summed E-state index contributed by atoms with van der Waals surface area (Å²) in [6.45, 7) is 2.44. The van der Waals surface area contributed by atoms with Crippen LogP contribution >= 0.6 is 0 Å². The van der Waals surface area contributed by atoms with E-state index in [1.807, 2.05) is 18.2 Å². The molecule has 4 nitrogen and oxygen atoms in total. The normalized spacial score (nSPS) is 11.9. The predicted octanol–water partition coefficient (Wildman–Crippen LogP) is 3.82. The molecule has 0 aliphatic heterocycles. The number of aromatic nitrogens is 1. The minimum absolute atomic E-state index is 0.00701. The lowest BCUT2D eigenvalue weighted by molar-refractivity contribution is -0.121. The van der Waals surface area contributed by atoms with E-state index in [0.29, 0.717) is 13.0 Å². The highest BCUT2D eigenvalue weighted by Gasteiger charge is 2.18. The third-order valence-corrected chi connectivity index (χ3v) is 4.03. The SMILES string of the molecule is Cc1ccc(C(CC(=O)NCc2ccon2)c2ccccc2)cc1. The number of carbonyl (C=O) groups is 1. The third-order valence-electron chi connectivity index (χ3n) is 4.03. The maximum atomic E-state index is 12.4. The first kappa shape index (κ1) is 16.0. The predicted molar refractivity (Wildman–Crippen MR) is 92.4 cm³/mol. The third kappa shape index (κ3) is 4.10. The molecule has 4 heteroatoms. The van der Waals surface area contributed by atoms with Crippen LogP contribution in [0.15, 0.2) is 71.4 Å². The lowest BCUT2D eigenvalue weighted by Crippen LogP contribution is -2.25. The second-order valence-electron chi connectivity index (χ2n) is 5.85. The number of nitrogens with zero attached hydrogens (tertiary/aromatic N) is 1. The van der Waals surface area contributed by atoms with Gasteiger partial charge in [0.2, 0.25) is 5.91 Å². The van der Waals surface area contributed by atoms with Crippen molar-refractivity contribution in [1.82, 2.24) is 10.5 Å². The van der Waals surface area contributed by atoms with E-state index in [1.165, 1.54) is 11.8 Å². The van der Waals surface area contributed by atoms with Gasteiger partial charge in [-0.1, -0.05) is 65.3 Å². The van der Waals surface area contributed by atoms with Crippen LogP contribution in [0.4, 0.5) is 0 Å². The maximum Gasteiger partial charge on any atom is 0.221 e. The Morgan fingerprint density at radius 3 is 2.42 bits per heavy atom. The number of hydrogen-bond donors (Lipinski definition) is 1. The summed E-state index contributed by atoms with van der Waals surface area (Å²) >= 11 is 0. The molecule has 0 bridgehead atoms. The first-order valence-electron chi connectivity index (χ1n) is 8.00. The van der Waals surface area contributed by atoms with E-state index in [2.05, 4.69) is 53.8 Å². The van der Waals surface area contributed by atoms with Crippen molar-refractivity contribution in [3.63, 3.8) is 0 Å². The number of amides is 1. The zero-order chi connectivity index (χ0) is 16.8. The largest absolute Gasteiger partial charge is 0.364 e. The Balaban J connectivity index is 1.74. The van der Waals surface area contributed by atoms with Gasteiger partial charge in [0.15, 0.2) is 0 Å². The molecule has 3 rings (SSSR count). The molecule has 2 aromatic carbocycles. The summed E-state index contributed by atoms with van der Waals surface area (Å²) in [6, 6.07) is 20.2. The summed E-state index contributed by atoms with van der Waals surface area (Å²) in [5, 5.41) is 6.71. The summed E-state index contributed by atoms with van der Waals surface area (Å²) < 4.78 is 4.78. The summed E-state index contributed by atoms with van der Waals surface area (Å²) in [4.78, 5) is 12.4. The quantitative estimate of drug-likeness (QED) is 0.751. The van der Waals surface area contributed by atoms with Crippen LogP contribution in [0.5, 0.6) is 0 Å². The van der Waals surface area contributed by atoms with Crippen LogP contribution in [0.2, 0.25) is 0 Å². The molecule has 1 aromatic heterocycles. The van der Waals surface area contributed by atoms with E-state index in [9.17, 15) is 4.79 Å². The minimum atomic E-state index is -0.00701. The van der Waals surface area contributed by atoms with Crippen molar-refractivity contribution in [3.8, 4) is 0 Å². The summed E-state index contributed by atoms with van der Waals surface area (Å²) in [5.74, 6) is 0.0246. The van der Waals surface area contributed by atoms with Gasteiger partial charge in [-0.25, -0.2) is 0 Å². The van der Waals surface area contributed by atoms with Crippen LogP contribution in [0.3, 0.4) is 0 Å². The Bertz CT molecular complexity index is 765. The monoisotopic (exact) mass is 320 g/mol. The van der Waals surface area contributed by atoms with E-state index < -0.39 is 0 Å². The van der Waals surface area contributed by atoms with Crippen LogP contribution < -0.4 is 5.32 Å². The topological polar surface area (TPSA) is 55.1 Å². The van der Waals surface area contributed by atoms with Gasteiger partial charge >= 0.3 is 0 Å². The first-order chi connectivity index (χ1) is 11.7. The second-order valence-corrected chi connectivity index (χ2v) is 5.85. The van der Waals surface area contributed by atoms with E-state index in [4.69, 9.17) is 4.52 Å². The van der Waals surface area contributed by atoms with Gasteiger partial charge < -0.3 is 9.84 Å². The zero-order valence-electron chi connectivity index (χ0n) is 13.6. The van der Waals surface area contributed by atoms with Gasteiger partial charge in [-0.2, -0.15) is 0 Å². The molecule has 122 valence electrons. The van der Waals surface area contributed by atoms with Crippen LogP contribution in [-0.4, -0.2) is 11.1 Å². The van der Waals surface area contributed by atoms with Crippen LogP contribution in [-0.2, 0) is 11.3 Å². The van der Waals surface area contributed by atoms with E-state index in [1.54, 1.807) is 6.07 Å². The summed E-state index contributed by atoms with van der Waals surface area (Å²) in [6.07, 6.45) is 1.89. The highest BCUT2D eigenvalue weighted by Crippen LogP contribution is 2.28. The standard InChI is InChI=1S/C20H20N2O2/c1-15-7-9-17(10-8-15)19(16-5-3-2-4-6-16)13-20(23)21-14-18-11-12-24-22-18/h2-12,19H,13-14H2,1H3,(H,21,23). The lowest BCUT2D eigenvalue weighted by atomic mass is 9.88. The number of rotatable bonds is 6. The minimum Gasteiger partial charge on any atom is -0.364 e. The van der Waals surface area contributed by atoms with Crippen LogP contribution in [0.25, 0.3) is 0 Å². The molecule has 1 unspecified atom stereocenters. The summed E-state index contributed by atoms with van der Waals surface area (Å²) in [7, 11) is 0. The number of carbonyl (C=O) groups excluding carboxylic acids is 1. The van der Waals surface area contributed by atoms with E-state index in [0.717, 1.165) is 16.8 Å². The van der Waals surface area contributed by atoms with Crippen molar-refractivity contribution in [3.05, 3.63) is 89.3 Å². The van der Waals surface area contributed by atoms with Gasteiger partial charge in [0.25, 0.3) is 0 Å². The Hall–Kier alpha value is -2.88. The fourth-order valence-corrected chi connectivity index (χ4v) is 2.69. The average molecular weight is 320 g/mol. The molecule has 0 aliphatic carbocycles. The molecule has 0 spiro atoms. The highest BCUT2D eigenvalue weighted by atomic mass is 16.5. The van der Waals surface area contributed by atoms with Crippen molar-refractivity contribution in [2.45, 2.75) is 25.8 Å². The summed E-state index contributed by atoms with van der Waals surface area (Å²) in [5.41, 5.74) is 4.21. The molecule has 1 amide bonds. The number of benzene rings is 2. The highest BCUT2D eigenvalue weighted by molar-refractivity contribution is 5.77. The molecule has 0 fully saturated rings. The van der Waals surface area contributed by atoms with Gasteiger partial charge in [-0.3, -0.25) is 4.79 Å². The number of hydrogen-bond acceptors (Lipinski definition) is 3. The molecular formula is C20H20N2O2. The number of aryl methyl sites for hydroxylation is 1.